The molecule has 4 heteroatoms. The predicted octanol–water partition coefficient (Wildman–Crippen LogP) is 3.38. The molecule has 2 heterocycles. The molecule has 1 aromatic rings. The number of hydrogen-bond acceptors (Lipinski definition) is 3. The van der Waals surface area contributed by atoms with Crippen molar-refractivity contribution in [3.05, 3.63) is 22.4 Å². The van der Waals surface area contributed by atoms with Gasteiger partial charge in [-0.1, -0.05) is 18.9 Å². The summed E-state index contributed by atoms with van der Waals surface area (Å²) in [5.74, 6) is 1.93. The van der Waals surface area contributed by atoms with Crippen LogP contribution in [0.2, 0.25) is 0 Å². The molecular formula is C13H19NOS2. The standard InChI is InChI=1S/C13H19NOS2/c15-13(14-7-3-1-2-4-8-14)11-16-10-12-6-5-9-17-12/h5-6,9H,1-4,7-8,10-11H2. The van der Waals surface area contributed by atoms with Crippen molar-refractivity contribution in [2.45, 2.75) is 31.4 Å². The van der Waals surface area contributed by atoms with Crippen LogP contribution >= 0.6 is 23.1 Å². The molecule has 0 radical (unpaired) electrons. The van der Waals surface area contributed by atoms with Crippen molar-refractivity contribution in [2.75, 3.05) is 18.8 Å². The highest BCUT2D eigenvalue weighted by molar-refractivity contribution is 7.99. The summed E-state index contributed by atoms with van der Waals surface area (Å²) in [4.78, 5) is 15.4. The molecule has 0 bridgehead atoms. The summed E-state index contributed by atoms with van der Waals surface area (Å²) >= 11 is 3.51. The van der Waals surface area contributed by atoms with Gasteiger partial charge >= 0.3 is 0 Å². The third-order valence-electron chi connectivity index (χ3n) is 3.01. The predicted molar refractivity (Wildman–Crippen MR) is 75.5 cm³/mol. The molecule has 0 spiro atoms. The van der Waals surface area contributed by atoms with Crippen molar-refractivity contribution in [2.24, 2.45) is 0 Å². The number of nitrogens with zero attached hydrogens (tertiary/aromatic N) is 1. The SMILES string of the molecule is O=C(CSCc1cccs1)N1CCCCCC1. The monoisotopic (exact) mass is 269 g/mol. The van der Waals surface area contributed by atoms with E-state index in [-0.39, 0.29) is 0 Å². The van der Waals surface area contributed by atoms with Crippen molar-refractivity contribution < 1.29 is 4.79 Å². The van der Waals surface area contributed by atoms with Crippen LogP contribution in [0.15, 0.2) is 17.5 Å². The highest BCUT2D eigenvalue weighted by atomic mass is 32.2. The van der Waals surface area contributed by atoms with Crippen LogP contribution in [-0.2, 0) is 10.5 Å². The Balaban J connectivity index is 1.69. The minimum absolute atomic E-state index is 0.327. The van der Waals surface area contributed by atoms with E-state index in [4.69, 9.17) is 0 Å². The summed E-state index contributed by atoms with van der Waals surface area (Å²) < 4.78 is 0. The maximum atomic E-state index is 12.0. The highest BCUT2D eigenvalue weighted by Crippen LogP contribution is 2.18. The van der Waals surface area contributed by atoms with Crippen LogP contribution in [0.1, 0.15) is 30.6 Å². The maximum Gasteiger partial charge on any atom is 0.232 e. The minimum Gasteiger partial charge on any atom is -0.342 e. The lowest BCUT2D eigenvalue weighted by molar-refractivity contribution is -0.128. The fraction of sp³-hybridized carbons (Fsp3) is 0.615. The minimum atomic E-state index is 0.327. The quantitative estimate of drug-likeness (QED) is 0.835. The molecular weight excluding hydrogens is 250 g/mol. The summed E-state index contributed by atoms with van der Waals surface area (Å²) in [7, 11) is 0. The van der Waals surface area contributed by atoms with E-state index in [0.29, 0.717) is 11.7 Å². The topological polar surface area (TPSA) is 20.3 Å². The molecule has 1 aliphatic heterocycles. The summed E-state index contributed by atoms with van der Waals surface area (Å²) in [6, 6.07) is 4.20. The zero-order valence-electron chi connectivity index (χ0n) is 10.1. The second-order valence-corrected chi connectivity index (χ2v) is 6.39. The Morgan fingerprint density at radius 2 is 2.06 bits per heavy atom. The molecule has 1 fully saturated rings. The van der Waals surface area contributed by atoms with Crippen LogP contribution in [-0.4, -0.2) is 29.6 Å². The summed E-state index contributed by atoms with van der Waals surface area (Å²) in [6.07, 6.45) is 4.93. The second-order valence-electron chi connectivity index (χ2n) is 4.37. The fourth-order valence-corrected chi connectivity index (χ4v) is 3.81. The first-order chi connectivity index (χ1) is 8.36. The third-order valence-corrected chi connectivity index (χ3v) is 5.03. The first-order valence-electron chi connectivity index (χ1n) is 6.24. The number of rotatable bonds is 4. The first-order valence-corrected chi connectivity index (χ1v) is 8.27. The van der Waals surface area contributed by atoms with Crippen LogP contribution in [0.4, 0.5) is 0 Å². The van der Waals surface area contributed by atoms with Gasteiger partial charge in [0.05, 0.1) is 5.75 Å². The van der Waals surface area contributed by atoms with Crippen LogP contribution < -0.4 is 0 Å². The van der Waals surface area contributed by atoms with E-state index in [2.05, 4.69) is 22.4 Å². The number of likely N-dealkylation sites (tertiary alicyclic amines) is 1. The molecule has 0 atom stereocenters. The van der Waals surface area contributed by atoms with Gasteiger partial charge in [-0.2, -0.15) is 0 Å². The van der Waals surface area contributed by atoms with E-state index in [1.807, 2.05) is 0 Å². The summed E-state index contributed by atoms with van der Waals surface area (Å²) in [5, 5.41) is 2.09. The number of carbonyl (C=O) groups excluding carboxylic acids is 1. The fourth-order valence-electron chi connectivity index (χ4n) is 2.05. The van der Waals surface area contributed by atoms with Crippen LogP contribution in [0.25, 0.3) is 0 Å². The van der Waals surface area contributed by atoms with Crippen LogP contribution in [0.3, 0.4) is 0 Å². The average Bonchev–Trinajstić information content (AvgIpc) is 2.69. The van der Waals surface area contributed by atoms with E-state index < -0.39 is 0 Å². The van der Waals surface area contributed by atoms with Gasteiger partial charge in [0, 0.05) is 23.7 Å². The molecule has 1 aliphatic rings. The Morgan fingerprint density at radius 3 is 2.71 bits per heavy atom. The zero-order chi connectivity index (χ0) is 11.9. The smallest absolute Gasteiger partial charge is 0.232 e. The molecule has 1 amide bonds. The van der Waals surface area contributed by atoms with Gasteiger partial charge in [-0.05, 0) is 24.3 Å². The number of hydrogen-bond donors (Lipinski definition) is 0. The highest BCUT2D eigenvalue weighted by Gasteiger charge is 2.14. The van der Waals surface area contributed by atoms with Crippen molar-refractivity contribution in [1.82, 2.24) is 4.90 Å². The van der Waals surface area contributed by atoms with Crippen molar-refractivity contribution in [3.63, 3.8) is 0 Å². The Bertz CT molecular complexity index is 329. The Labute approximate surface area is 111 Å². The molecule has 0 aliphatic carbocycles. The number of thiophene rings is 1. The molecule has 17 heavy (non-hydrogen) atoms. The van der Waals surface area contributed by atoms with Gasteiger partial charge in [-0.3, -0.25) is 4.79 Å². The lowest BCUT2D eigenvalue weighted by atomic mass is 10.2. The van der Waals surface area contributed by atoms with E-state index in [0.717, 1.165) is 18.8 Å². The molecule has 0 aromatic carbocycles. The molecule has 94 valence electrons. The number of thioether (sulfide) groups is 1. The maximum absolute atomic E-state index is 12.0. The molecule has 0 N–H and O–H groups in total. The molecule has 1 saturated heterocycles. The van der Waals surface area contributed by atoms with Crippen molar-refractivity contribution >= 4 is 29.0 Å². The number of carbonyl (C=O) groups is 1. The Kier molecular flexibility index (Phi) is 5.39. The molecule has 0 unspecified atom stereocenters. The Hall–Kier alpha value is -0.480. The third kappa shape index (κ3) is 4.36. The lowest BCUT2D eigenvalue weighted by Gasteiger charge is -2.19. The van der Waals surface area contributed by atoms with Gasteiger partial charge in [-0.25, -0.2) is 0 Å². The molecule has 1 aromatic heterocycles. The van der Waals surface area contributed by atoms with Crippen LogP contribution in [0.5, 0.6) is 0 Å². The zero-order valence-corrected chi connectivity index (χ0v) is 11.7. The Morgan fingerprint density at radius 1 is 1.29 bits per heavy atom. The van der Waals surface area contributed by atoms with Crippen molar-refractivity contribution in [1.29, 1.82) is 0 Å². The van der Waals surface area contributed by atoms with Gasteiger partial charge in [0.25, 0.3) is 0 Å². The molecule has 0 saturated carbocycles. The van der Waals surface area contributed by atoms with E-state index in [9.17, 15) is 4.79 Å². The number of amides is 1. The lowest BCUT2D eigenvalue weighted by Crippen LogP contribution is -2.33. The van der Waals surface area contributed by atoms with E-state index >= 15 is 0 Å². The van der Waals surface area contributed by atoms with E-state index in [1.54, 1.807) is 23.1 Å². The van der Waals surface area contributed by atoms with Gasteiger partial charge in [0.1, 0.15) is 0 Å². The molecule has 2 nitrogen and oxygen atoms in total. The largest absolute Gasteiger partial charge is 0.342 e. The van der Waals surface area contributed by atoms with E-state index in [1.165, 1.54) is 30.6 Å². The van der Waals surface area contributed by atoms with Gasteiger partial charge < -0.3 is 4.90 Å². The second kappa shape index (κ2) is 7.07. The first kappa shape index (κ1) is 13.0. The van der Waals surface area contributed by atoms with Crippen LogP contribution in [0, 0.1) is 0 Å². The normalized spacial score (nSPS) is 16.8. The average molecular weight is 269 g/mol. The van der Waals surface area contributed by atoms with Crippen molar-refractivity contribution in [3.8, 4) is 0 Å². The summed E-state index contributed by atoms with van der Waals surface area (Å²) in [5.41, 5.74) is 0. The van der Waals surface area contributed by atoms with Gasteiger partial charge in [0.2, 0.25) is 5.91 Å². The van der Waals surface area contributed by atoms with Gasteiger partial charge in [-0.15, -0.1) is 23.1 Å². The van der Waals surface area contributed by atoms with Gasteiger partial charge in [0.15, 0.2) is 0 Å². The summed E-state index contributed by atoms with van der Waals surface area (Å²) in [6.45, 7) is 1.94. The molecule has 2 rings (SSSR count).